The van der Waals surface area contributed by atoms with Crippen LogP contribution in [-0.4, -0.2) is 33.0 Å². The first-order valence-corrected chi connectivity index (χ1v) is 5.88. The van der Waals surface area contributed by atoms with Gasteiger partial charge in [-0.05, 0) is 12.1 Å². The molecule has 1 aromatic carbocycles. The zero-order chi connectivity index (χ0) is 13.3. The first-order valence-electron chi connectivity index (χ1n) is 5.44. The molecule has 1 heterocycles. The third kappa shape index (κ3) is 2.31. The van der Waals surface area contributed by atoms with E-state index in [9.17, 15) is 9.18 Å². The van der Waals surface area contributed by atoms with Crippen LogP contribution in [0.3, 0.4) is 0 Å². The van der Waals surface area contributed by atoms with Crippen LogP contribution >= 0.6 is 11.6 Å². The Balaban J connectivity index is 2.27. The number of halogens is 2. The first kappa shape index (κ1) is 12.8. The highest BCUT2D eigenvalue weighted by Gasteiger charge is 2.20. The van der Waals surface area contributed by atoms with Gasteiger partial charge in [-0.2, -0.15) is 0 Å². The summed E-state index contributed by atoms with van der Waals surface area (Å²) in [6.45, 7) is 0.219. The molecular formula is C12H13ClFN3O. The van der Waals surface area contributed by atoms with E-state index in [-0.39, 0.29) is 6.54 Å². The summed E-state index contributed by atoms with van der Waals surface area (Å²) in [7, 11) is 3.35. The number of carbonyl (C=O) groups is 1. The van der Waals surface area contributed by atoms with Crippen molar-refractivity contribution < 1.29 is 9.18 Å². The highest BCUT2D eigenvalue weighted by molar-refractivity contribution is 6.29. The molecule has 1 amide bonds. The lowest BCUT2D eigenvalue weighted by Gasteiger charge is -2.16. The van der Waals surface area contributed by atoms with Crippen LogP contribution in [-0.2, 0) is 18.4 Å². The fourth-order valence-electron chi connectivity index (χ4n) is 1.79. The lowest BCUT2D eigenvalue weighted by Crippen LogP contribution is -2.32. The van der Waals surface area contributed by atoms with Gasteiger partial charge in [0, 0.05) is 14.1 Å². The molecule has 96 valence electrons. The van der Waals surface area contributed by atoms with E-state index < -0.39 is 11.5 Å². The van der Waals surface area contributed by atoms with Crippen molar-refractivity contribution in [3.05, 3.63) is 30.1 Å². The van der Waals surface area contributed by atoms with Crippen molar-refractivity contribution in [1.82, 2.24) is 14.5 Å². The zero-order valence-corrected chi connectivity index (χ0v) is 10.9. The minimum atomic E-state index is -2.01. The van der Waals surface area contributed by atoms with Gasteiger partial charge in [0.05, 0.1) is 17.6 Å². The van der Waals surface area contributed by atoms with E-state index in [2.05, 4.69) is 4.98 Å². The number of fused-ring (bicyclic) bond motifs is 1. The van der Waals surface area contributed by atoms with E-state index in [1.165, 1.54) is 11.9 Å². The maximum Gasteiger partial charge on any atom is 0.272 e. The summed E-state index contributed by atoms with van der Waals surface area (Å²) in [4.78, 5) is 17.0. The highest BCUT2D eigenvalue weighted by Crippen LogP contribution is 2.15. The number of carbonyl (C=O) groups excluding carboxylic acids is 1. The fraction of sp³-hybridized carbons (Fsp3) is 0.333. The van der Waals surface area contributed by atoms with Gasteiger partial charge in [0.15, 0.2) is 0 Å². The Kier molecular flexibility index (Phi) is 3.52. The van der Waals surface area contributed by atoms with Crippen molar-refractivity contribution in [3.8, 4) is 0 Å². The molecule has 18 heavy (non-hydrogen) atoms. The minimum Gasteiger partial charge on any atom is -0.335 e. The molecule has 0 aliphatic heterocycles. The van der Waals surface area contributed by atoms with E-state index in [4.69, 9.17) is 11.6 Å². The minimum absolute atomic E-state index is 0.219. The monoisotopic (exact) mass is 269 g/mol. The number of rotatable bonds is 3. The van der Waals surface area contributed by atoms with Crippen LogP contribution in [0.15, 0.2) is 24.3 Å². The Hall–Kier alpha value is -1.62. The number of aryl methyl sites for hydroxylation is 1. The van der Waals surface area contributed by atoms with Gasteiger partial charge in [-0.3, -0.25) is 4.79 Å². The van der Waals surface area contributed by atoms with Gasteiger partial charge in [-0.15, -0.1) is 0 Å². The van der Waals surface area contributed by atoms with Crippen LogP contribution in [0, 0.1) is 0 Å². The highest BCUT2D eigenvalue weighted by atomic mass is 35.5. The van der Waals surface area contributed by atoms with Crippen molar-refractivity contribution >= 4 is 28.5 Å². The quantitative estimate of drug-likeness (QED) is 0.800. The predicted octanol–water partition coefficient (Wildman–Crippen LogP) is 2.07. The molecule has 0 radical (unpaired) electrons. The first-order chi connectivity index (χ1) is 8.50. The number of para-hydroxylation sites is 2. The second-order valence-corrected chi connectivity index (χ2v) is 4.45. The summed E-state index contributed by atoms with van der Waals surface area (Å²) in [5.74, 6) is -0.0758. The Bertz CT molecular complexity index is 582. The second-order valence-electron chi connectivity index (χ2n) is 4.07. The van der Waals surface area contributed by atoms with Crippen LogP contribution in [0.25, 0.3) is 11.0 Å². The summed E-state index contributed by atoms with van der Waals surface area (Å²) in [5.41, 5.74) is -0.195. The van der Waals surface area contributed by atoms with Gasteiger partial charge in [-0.25, -0.2) is 9.37 Å². The van der Waals surface area contributed by atoms with Gasteiger partial charge in [0.1, 0.15) is 5.82 Å². The maximum atomic E-state index is 12.7. The number of nitrogens with zero attached hydrogens (tertiary/aromatic N) is 3. The topological polar surface area (TPSA) is 38.1 Å². The number of alkyl halides is 2. The van der Waals surface area contributed by atoms with E-state index >= 15 is 0 Å². The Labute approximate surface area is 109 Å². The van der Waals surface area contributed by atoms with Crippen LogP contribution in [0.4, 0.5) is 4.39 Å². The molecule has 0 fully saturated rings. The molecule has 6 heteroatoms. The maximum absolute atomic E-state index is 12.7. The second kappa shape index (κ2) is 4.94. The normalized spacial score (nSPS) is 12.7. The van der Waals surface area contributed by atoms with E-state index in [1.807, 2.05) is 35.9 Å². The van der Waals surface area contributed by atoms with E-state index in [0.717, 1.165) is 11.0 Å². The van der Waals surface area contributed by atoms with Gasteiger partial charge in [-0.1, -0.05) is 23.7 Å². The summed E-state index contributed by atoms with van der Waals surface area (Å²) in [6.07, 6.45) is 0. The molecule has 1 aromatic heterocycles. The smallest absolute Gasteiger partial charge is 0.272 e. The van der Waals surface area contributed by atoms with Crippen LogP contribution in [0.1, 0.15) is 5.82 Å². The average molecular weight is 270 g/mol. The van der Waals surface area contributed by atoms with Crippen LogP contribution in [0.5, 0.6) is 0 Å². The van der Waals surface area contributed by atoms with Crippen molar-refractivity contribution in [3.63, 3.8) is 0 Å². The van der Waals surface area contributed by atoms with Gasteiger partial charge < -0.3 is 9.47 Å². The van der Waals surface area contributed by atoms with Crippen molar-refractivity contribution in [1.29, 1.82) is 0 Å². The Morgan fingerprint density at radius 2 is 2.22 bits per heavy atom. The summed E-state index contributed by atoms with van der Waals surface area (Å²) < 4.78 is 14.6. The Morgan fingerprint density at radius 3 is 2.83 bits per heavy atom. The standard InChI is InChI=1S/C12H13ClFN3O/c1-16(12(18)11(13)14)7-10-15-8-5-3-4-6-9(8)17(10)2/h3-6,11H,7H2,1-2H3. The molecule has 1 atom stereocenters. The van der Waals surface area contributed by atoms with E-state index in [1.54, 1.807) is 0 Å². The number of amides is 1. The number of benzene rings is 1. The van der Waals surface area contributed by atoms with Gasteiger partial charge in [0.2, 0.25) is 0 Å². The zero-order valence-electron chi connectivity index (χ0n) is 10.1. The molecule has 4 nitrogen and oxygen atoms in total. The molecule has 0 aliphatic rings. The largest absolute Gasteiger partial charge is 0.335 e. The molecule has 2 rings (SSSR count). The number of hydrogen-bond donors (Lipinski definition) is 0. The third-order valence-corrected chi connectivity index (χ3v) is 3.01. The van der Waals surface area contributed by atoms with Crippen molar-refractivity contribution in [2.45, 2.75) is 12.2 Å². The summed E-state index contributed by atoms with van der Waals surface area (Å²) in [5, 5.41) is 0. The van der Waals surface area contributed by atoms with E-state index in [0.29, 0.717) is 5.82 Å². The van der Waals surface area contributed by atoms with Crippen molar-refractivity contribution in [2.24, 2.45) is 7.05 Å². The fourth-order valence-corrected chi connectivity index (χ4v) is 1.96. The van der Waals surface area contributed by atoms with Crippen LogP contribution < -0.4 is 0 Å². The molecule has 0 saturated heterocycles. The van der Waals surface area contributed by atoms with Crippen molar-refractivity contribution in [2.75, 3.05) is 7.05 Å². The predicted molar refractivity (Wildman–Crippen MR) is 67.9 cm³/mol. The van der Waals surface area contributed by atoms with Crippen LogP contribution in [0.2, 0.25) is 0 Å². The number of imidazole rings is 1. The van der Waals surface area contributed by atoms with Gasteiger partial charge in [0.25, 0.3) is 11.5 Å². The molecule has 0 spiro atoms. The molecule has 0 N–H and O–H groups in total. The molecular weight excluding hydrogens is 257 g/mol. The molecule has 1 unspecified atom stereocenters. The van der Waals surface area contributed by atoms with Gasteiger partial charge >= 0.3 is 0 Å². The lowest BCUT2D eigenvalue weighted by molar-refractivity contribution is -0.133. The lowest BCUT2D eigenvalue weighted by atomic mass is 10.3. The molecule has 0 bridgehead atoms. The Morgan fingerprint density at radius 1 is 1.56 bits per heavy atom. The molecule has 0 aliphatic carbocycles. The number of aromatic nitrogens is 2. The number of hydrogen-bond acceptors (Lipinski definition) is 2. The summed E-state index contributed by atoms with van der Waals surface area (Å²) >= 11 is 5.12. The summed E-state index contributed by atoms with van der Waals surface area (Å²) in [6, 6.07) is 7.64. The third-order valence-electron chi connectivity index (χ3n) is 2.82. The molecule has 2 aromatic rings. The SMILES string of the molecule is CN(Cc1nc2ccccc2n1C)C(=O)C(F)Cl. The molecule has 0 saturated carbocycles. The average Bonchev–Trinajstić information content (AvgIpc) is 2.66.